The molecule has 0 radical (unpaired) electrons. The monoisotopic (exact) mass is 341 g/mol. The first-order valence-electron chi connectivity index (χ1n) is 7.85. The molecule has 0 spiro atoms. The zero-order valence-electron chi connectivity index (χ0n) is 13.7. The quantitative estimate of drug-likeness (QED) is 0.681. The third kappa shape index (κ3) is 3.54. The van der Waals surface area contributed by atoms with Crippen molar-refractivity contribution >= 4 is 17.2 Å². The molecule has 0 bridgehead atoms. The minimum Gasteiger partial charge on any atom is -0.337 e. The van der Waals surface area contributed by atoms with Crippen molar-refractivity contribution in [3.8, 4) is 10.7 Å². The van der Waals surface area contributed by atoms with Gasteiger partial charge in [-0.25, -0.2) is 0 Å². The van der Waals surface area contributed by atoms with E-state index in [2.05, 4.69) is 10.1 Å². The summed E-state index contributed by atoms with van der Waals surface area (Å²) in [5, 5.41) is 5.95. The van der Waals surface area contributed by atoms with Gasteiger partial charge >= 0.3 is 0 Å². The lowest BCUT2D eigenvalue weighted by atomic mass is 9.95. The maximum atomic E-state index is 12.8. The van der Waals surface area contributed by atoms with Crippen molar-refractivity contribution in [3.63, 3.8) is 0 Å². The molecule has 2 aromatic heterocycles. The van der Waals surface area contributed by atoms with E-state index in [0.717, 1.165) is 16.9 Å². The predicted molar refractivity (Wildman–Crippen MR) is 93.6 cm³/mol. The highest BCUT2D eigenvalue weighted by molar-refractivity contribution is 7.13. The van der Waals surface area contributed by atoms with Crippen LogP contribution in [-0.2, 0) is 11.3 Å². The number of thiophene rings is 1. The molecule has 0 N–H and O–H groups in total. The van der Waals surface area contributed by atoms with Crippen molar-refractivity contribution in [1.82, 2.24) is 15.0 Å². The van der Waals surface area contributed by atoms with Gasteiger partial charge in [0.05, 0.1) is 17.3 Å². The molecule has 0 aliphatic rings. The van der Waals surface area contributed by atoms with Gasteiger partial charge in [-0.2, -0.15) is 4.98 Å². The molecule has 0 saturated carbocycles. The molecule has 0 aliphatic heterocycles. The zero-order chi connectivity index (χ0) is 16.9. The number of nitrogens with zero attached hydrogens (tertiary/aromatic N) is 3. The van der Waals surface area contributed by atoms with Gasteiger partial charge in [0, 0.05) is 7.05 Å². The number of carbonyl (C=O) groups excluding carboxylic acids is 1. The Morgan fingerprint density at radius 1 is 1.25 bits per heavy atom. The molecule has 1 atom stereocenters. The molecule has 0 fully saturated rings. The number of hydrogen-bond acceptors (Lipinski definition) is 5. The molecule has 1 unspecified atom stereocenters. The highest BCUT2D eigenvalue weighted by Crippen LogP contribution is 2.24. The summed E-state index contributed by atoms with van der Waals surface area (Å²) in [5.41, 5.74) is 1.03. The first-order chi connectivity index (χ1) is 11.7. The lowest BCUT2D eigenvalue weighted by molar-refractivity contribution is -0.132. The molecular formula is C18H19N3O2S. The minimum atomic E-state index is -0.157. The van der Waals surface area contributed by atoms with Crippen LogP contribution in [0.15, 0.2) is 52.4 Å². The average Bonchev–Trinajstić information content (AvgIpc) is 3.27. The van der Waals surface area contributed by atoms with E-state index < -0.39 is 0 Å². The van der Waals surface area contributed by atoms with Gasteiger partial charge in [-0.15, -0.1) is 11.3 Å². The fourth-order valence-electron chi connectivity index (χ4n) is 2.61. The second kappa shape index (κ2) is 7.40. The Morgan fingerprint density at radius 2 is 2.04 bits per heavy atom. The van der Waals surface area contributed by atoms with Gasteiger partial charge in [0.15, 0.2) is 0 Å². The van der Waals surface area contributed by atoms with Crippen LogP contribution in [0.5, 0.6) is 0 Å². The van der Waals surface area contributed by atoms with E-state index in [1.807, 2.05) is 54.8 Å². The number of hydrogen-bond donors (Lipinski definition) is 0. The van der Waals surface area contributed by atoms with Crippen molar-refractivity contribution in [1.29, 1.82) is 0 Å². The summed E-state index contributed by atoms with van der Waals surface area (Å²) in [6, 6.07) is 13.7. The van der Waals surface area contributed by atoms with Gasteiger partial charge in [0.25, 0.3) is 0 Å². The molecule has 1 amide bonds. The second-order valence-corrected chi connectivity index (χ2v) is 6.50. The van der Waals surface area contributed by atoms with Crippen molar-refractivity contribution < 1.29 is 9.32 Å². The number of amides is 1. The first kappa shape index (κ1) is 16.4. The minimum absolute atomic E-state index is 0.0552. The molecule has 0 saturated heterocycles. The summed E-state index contributed by atoms with van der Waals surface area (Å²) >= 11 is 1.55. The van der Waals surface area contributed by atoms with Crippen LogP contribution < -0.4 is 0 Å². The van der Waals surface area contributed by atoms with Gasteiger partial charge in [-0.1, -0.05) is 48.5 Å². The van der Waals surface area contributed by atoms with Gasteiger partial charge in [0.1, 0.15) is 0 Å². The predicted octanol–water partition coefficient (Wildman–Crippen LogP) is 3.95. The van der Waals surface area contributed by atoms with E-state index in [1.54, 1.807) is 23.3 Å². The SMILES string of the molecule is CCC(C(=O)N(C)Cc1nc(-c2cccs2)no1)c1ccccc1. The zero-order valence-corrected chi connectivity index (χ0v) is 14.5. The molecule has 24 heavy (non-hydrogen) atoms. The fourth-order valence-corrected chi connectivity index (χ4v) is 3.26. The lowest BCUT2D eigenvalue weighted by Crippen LogP contribution is -2.31. The van der Waals surface area contributed by atoms with Crippen LogP contribution in [0, 0.1) is 0 Å². The Bertz CT molecular complexity index is 784. The van der Waals surface area contributed by atoms with E-state index in [0.29, 0.717) is 18.3 Å². The van der Waals surface area contributed by atoms with Crippen molar-refractivity contribution in [2.24, 2.45) is 0 Å². The molecule has 124 valence electrons. The normalized spacial score (nSPS) is 12.1. The standard InChI is InChI=1S/C18H19N3O2S/c1-3-14(13-8-5-4-6-9-13)18(22)21(2)12-16-19-17(20-23-16)15-10-7-11-24-15/h4-11,14H,3,12H2,1-2H3. The lowest BCUT2D eigenvalue weighted by Gasteiger charge is -2.22. The third-order valence-corrected chi connectivity index (χ3v) is 4.73. The van der Waals surface area contributed by atoms with E-state index in [4.69, 9.17) is 4.52 Å². The number of carbonyl (C=O) groups is 1. The number of rotatable bonds is 6. The van der Waals surface area contributed by atoms with Crippen LogP contribution in [0.4, 0.5) is 0 Å². The van der Waals surface area contributed by atoms with Gasteiger partial charge in [0.2, 0.25) is 17.6 Å². The summed E-state index contributed by atoms with van der Waals surface area (Å²) in [6.45, 7) is 2.32. The van der Waals surface area contributed by atoms with Crippen molar-refractivity contribution in [2.75, 3.05) is 7.05 Å². The van der Waals surface area contributed by atoms with Crippen molar-refractivity contribution in [3.05, 3.63) is 59.3 Å². The Hall–Kier alpha value is -2.47. The number of aromatic nitrogens is 2. The Kier molecular flexibility index (Phi) is 5.05. The Balaban J connectivity index is 1.70. The number of likely N-dealkylation sites (N-methyl/N-ethyl adjacent to an activating group) is 1. The largest absolute Gasteiger partial charge is 0.337 e. The van der Waals surface area contributed by atoms with E-state index in [-0.39, 0.29) is 11.8 Å². The maximum absolute atomic E-state index is 12.8. The summed E-state index contributed by atoms with van der Waals surface area (Å²) in [7, 11) is 1.77. The molecule has 0 aliphatic carbocycles. The Morgan fingerprint density at radius 3 is 2.71 bits per heavy atom. The second-order valence-electron chi connectivity index (χ2n) is 5.55. The first-order valence-corrected chi connectivity index (χ1v) is 8.73. The van der Waals surface area contributed by atoms with Crippen molar-refractivity contribution in [2.45, 2.75) is 25.8 Å². The molecule has 2 heterocycles. The summed E-state index contributed by atoms with van der Waals surface area (Å²) in [6.07, 6.45) is 0.747. The molecule has 3 aromatic rings. The molecule has 6 heteroatoms. The van der Waals surface area contributed by atoms with E-state index in [1.165, 1.54) is 0 Å². The van der Waals surface area contributed by atoms with Gasteiger partial charge in [-0.3, -0.25) is 4.79 Å². The van der Waals surface area contributed by atoms with Crippen LogP contribution in [0.1, 0.15) is 30.7 Å². The molecular weight excluding hydrogens is 322 g/mol. The van der Waals surface area contributed by atoms with E-state index >= 15 is 0 Å². The summed E-state index contributed by atoms with van der Waals surface area (Å²) < 4.78 is 5.28. The highest BCUT2D eigenvalue weighted by atomic mass is 32.1. The topological polar surface area (TPSA) is 59.2 Å². The summed E-state index contributed by atoms with van der Waals surface area (Å²) in [4.78, 5) is 19.7. The third-order valence-electron chi connectivity index (χ3n) is 3.87. The molecule has 1 aromatic carbocycles. The fraction of sp³-hybridized carbons (Fsp3) is 0.278. The highest BCUT2D eigenvalue weighted by Gasteiger charge is 2.23. The van der Waals surface area contributed by atoms with Gasteiger partial charge in [-0.05, 0) is 23.4 Å². The smallest absolute Gasteiger partial charge is 0.246 e. The molecule has 5 nitrogen and oxygen atoms in total. The van der Waals surface area contributed by atoms with Crippen LogP contribution >= 0.6 is 11.3 Å². The maximum Gasteiger partial charge on any atom is 0.246 e. The van der Waals surface area contributed by atoms with Gasteiger partial charge < -0.3 is 9.42 Å². The molecule has 3 rings (SSSR count). The van der Waals surface area contributed by atoms with E-state index in [9.17, 15) is 4.79 Å². The van der Waals surface area contributed by atoms with Crippen LogP contribution in [-0.4, -0.2) is 28.0 Å². The van der Waals surface area contributed by atoms with Crippen LogP contribution in [0.3, 0.4) is 0 Å². The van der Waals surface area contributed by atoms with Crippen LogP contribution in [0.25, 0.3) is 10.7 Å². The summed E-state index contributed by atoms with van der Waals surface area (Å²) in [5.74, 6) is 0.906. The Labute approximate surface area is 144 Å². The van der Waals surface area contributed by atoms with Crippen LogP contribution in [0.2, 0.25) is 0 Å². The number of benzene rings is 1. The average molecular weight is 341 g/mol.